The standard InChI is InChI=1S/C21H24N4O6S2/c1-16-5-7-17(8-6-16)22-20(26)14-32-15-21(27)23-9-11-24(12-10-23)33(30,31)19-4-2-3-18(13-19)25(28)29/h2-8,13H,9-12,14-15H2,1H3,(H,22,26). The van der Waals surface area contributed by atoms with Crippen LogP contribution < -0.4 is 5.32 Å². The fourth-order valence-electron chi connectivity index (χ4n) is 3.24. The van der Waals surface area contributed by atoms with Crippen molar-refractivity contribution in [2.24, 2.45) is 0 Å². The van der Waals surface area contributed by atoms with E-state index in [0.717, 1.165) is 11.6 Å². The number of thioether (sulfide) groups is 1. The Bertz CT molecular complexity index is 1130. The summed E-state index contributed by atoms with van der Waals surface area (Å²) in [6.45, 7) is 2.56. The topological polar surface area (TPSA) is 130 Å². The first kappa shape index (κ1) is 24.7. The molecule has 2 aromatic rings. The van der Waals surface area contributed by atoms with Gasteiger partial charge in [0, 0.05) is 44.0 Å². The van der Waals surface area contributed by atoms with Crippen LogP contribution >= 0.6 is 11.8 Å². The number of sulfonamides is 1. The first-order valence-corrected chi connectivity index (χ1v) is 12.7. The molecule has 176 valence electrons. The number of hydrogen-bond donors (Lipinski definition) is 1. The number of rotatable bonds is 8. The predicted molar refractivity (Wildman–Crippen MR) is 126 cm³/mol. The monoisotopic (exact) mass is 492 g/mol. The van der Waals surface area contributed by atoms with Gasteiger partial charge in [-0.3, -0.25) is 19.7 Å². The number of nitro groups is 1. The Kier molecular flexibility index (Phi) is 8.06. The van der Waals surface area contributed by atoms with Gasteiger partial charge in [-0.1, -0.05) is 23.8 Å². The summed E-state index contributed by atoms with van der Waals surface area (Å²) >= 11 is 1.19. The molecule has 2 amide bonds. The molecule has 33 heavy (non-hydrogen) atoms. The van der Waals surface area contributed by atoms with Crippen molar-refractivity contribution >= 4 is 45.0 Å². The van der Waals surface area contributed by atoms with Gasteiger partial charge in [-0.2, -0.15) is 4.31 Å². The first-order valence-electron chi connectivity index (χ1n) is 10.1. The van der Waals surface area contributed by atoms with Crippen molar-refractivity contribution in [1.29, 1.82) is 0 Å². The number of benzene rings is 2. The highest BCUT2D eigenvalue weighted by atomic mass is 32.2. The highest BCUT2D eigenvalue weighted by Crippen LogP contribution is 2.22. The van der Waals surface area contributed by atoms with Gasteiger partial charge in [0.15, 0.2) is 0 Å². The highest BCUT2D eigenvalue weighted by Gasteiger charge is 2.30. The van der Waals surface area contributed by atoms with E-state index in [1.54, 1.807) is 4.90 Å². The van der Waals surface area contributed by atoms with Crippen molar-refractivity contribution in [3.63, 3.8) is 0 Å². The molecule has 0 unspecified atom stereocenters. The molecular weight excluding hydrogens is 468 g/mol. The second kappa shape index (κ2) is 10.8. The average molecular weight is 493 g/mol. The summed E-state index contributed by atoms with van der Waals surface area (Å²) in [6, 6.07) is 12.3. The van der Waals surface area contributed by atoms with Crippen LogP contribution in [0.15, 0.2) is 53.4 Å². The second-order valence-corrected chi connectivity index (χ2v) is 10.4. The van der Waals surface area contributed by atoms with E-state index in [2.05, 4.69) is 5.32 Å². The summed E-state index contributed by atoms with van der Waals surface area (Å²) in [5.74, 6) is -0.139. The van der Waals surface area contributed by atoms with E-state index >= 15 is 0 Å². The van der Waals surface area contributed by atoms with E-state index in [-0.39, 0.29) is 60.1 Å². The third-order valence-corrected chi connectivity index (χ3v) is 7.86. The van der Waals surface area contributed by atoms with Crippen LogP contribution in [0.5, 0.6) is 0 Å². The number of piperazine rings is 1. The van der Waals surface area contributed by atoms with Gasteiger partial charge in [0.2, 0.25) is 21.8 Å². The van der Waals surface area contributed by atoms with Crippen LogP contribution in [-0.2, 0) is 19.6 Å². The first-order chi connectivity index (χ1) is 15.7. The van der Waals surface area contributed by atoms with Crippen LogP contribution in [0.25, 0.3) is 0 Å². The van der Waals surface area contributed by atoms with Crippen LogP contribution in [-0.4, -0.2) is 72.0 Å². The van der Waals surface area contributed by atoms with Crippen LogP contribution in [0.1, 0.15) is 5.56 Å². The fourth-order valence-corrected chi connectivity index (χ4v) is 5.42. The Morgan fingerprint density at radius 2 is 1.73 bits per heavy atom. The van der Waals surface area contributed by atoms with E-state index < -0.39 is 14.9 Å². The molecule has 1 aliphatic heterocycles. The van der Waals surface area contributed by atoms with Gasteiger partial charge in [-0.05, 0) is 25.1 Å². The Labute approximate surface area is 196 Å². The molecule has 0 bridgehead atoms. The molecule has 2 aromatic carbocycles. The maximum Gasteiger partial charge on any atom is 0.270 e. The molecule has 12 heteroatoms. The number of carbonyl (C=O) groups is 2. The molecular formula is C21H24N4O6S2. The van der Waals surface area contributed by atoms with Crippen molar-refractivity contribution in [2.45, 2.75) is 11.8 Å². The zero-order valence-corrected chi connectivity index (χ0v) is 19.6. The molecule has 1 aliphatic rings. The largest absolute Gasteiger partial charge is 0.339 e. The van der Waals surface area contributed by atoms with Gasteiger partial charge in [0.1, 0.15) is 0 Å². The van der Waals surface area contributed by atoms with E-state index in [1.807, 2.05) is 31.2 Å². The summed E-state index contributed by atoms with van der Waals surface area (Å²) in [4.78, 5) is 36.2. The van der Waals surface area contributed by atoms with Crippen molar-refractivity contribution in [2.75, 3.05) is 43.0 Å². The number of carbonyl (C=O) groups excluding carboxylic acids is 2. The Morgan fingerprint density at radius 1 is 1.06 bits per heavy atom. The highest BCUT2D eigenvalue weighted by molar-refractivity contribution is 8.00. The Balaban J connectivity index is 1.45. The van der Waals surface area contributed by atoms with Crippen molar-refractivity contribution in [3.05, 3.63) is 64.2 Å². The van der Waals surface area contributed by atoms with E-state index in [4.69, 9.17) is 0 Å². The molecule has 0 atom stereocenters. The molecule has 0 aromatic heterocycles. The number of hydrogen-bond acceptors (Lipinski definition) is 7. The lowest BCUT2D eigenvalue weighted by Gasteiger charge is -2.34. The minimum Gasteiger partial charge on any atom is -0.339 e. The lowest BCUT2D eigenvalue weighted by molar-refractivity contribution is -0.385. The number of aryl methyl sites for hydroxylation is 1. The predicted octanol–water partition coefficient (Wildman–Crippen LogP) is 2.11. The van der Waals surface area contributed by atoms with Crippen molar-refractivity contribution in [3.8, 4) is 0 Å². The van der Waals surface area contributed by atoms with Gasteiger partial charge < -0.3 is 10.2 Å². The third kappa shape index (κ3) is 6.53. The minimum atomic E-state index is -3.90. The smallest absolute Gasteiger partial charge is 0.270 e. The van der Waals surface area contributed by atoms with Crippen LogP contribution in [0, 0.1) is 17.0 Å². The minimum absolute atomic E-state index is 0.0926. The summed E-state index contributed by atoms with van der Waals surface area (Å²) < 4.78 is 26.8. The quantitative estimate of drug-likeness (QED) is 0.441. The van der Waals surface area contributed by atoms with E-state index in [0.29, 0.717) is 5.69 Å². The van der Waals surface area contributed by atoms with Crippen molar-refractivity contribution in [1.82, 2.24) is 9.21 Å². The number of nitrogens with zero attached hydrogens (tertiary/aromatic N) is 3. The van der Waals surface area contributed by atoms with Crippen LogP contribution in [0.2, 0.25) is 0 Å². The Hall–Kier alpha value is -2.96. The molecule has 1 saturated heterocycles. The summed E-state index contributed by atoms with van der Waals surface area (Å²) in [5, 5.41) is 13.7. The molecule has 1 heterocycles. The van der Waals surface area contributed by atoms with Gasteiger partial charge >= 0.3 is 0 Å². The third-order valence-electron chi connectivity index (χ3n) is 5.05. The number of amides is 2. The lowest BCUT2D eigenvalue weighted by Crippen LogP contribution is -2.51. The Morgan fingerprint density at radius 3 is 2.36 bits per heavy atom. The molecule has 1 fully saturated rings. The zero-order valence-electron chi connectivity index (χ0n) is 18.0. The molecule has 10 nitrogen and oxygen atoms in total. The van der Waals surface area contributed by atoms with E-state index in [9.17, 15) is 28.1 Å². The number of non-ortho nitro benzene ring substituents is 1. The molecule has 0 radical (unpaired) electrons. The van der Waals surface area contributed by atoms with Gasteiger partial charge in [0.25, 0.3) is 5.69 Å². The molecule has 0 aliphatic carbocycles. The maximum absolute atomic E-state index is 12.8. The van der Waals surface area contributed by atoms with Gasteiger partial charge in [-0.15, -0.1) is 11.8 Å². The van der Waals surface area contributed by atoms with Crippen LogP contribution in [0.4, 0.5) is 11.4 Å². The fraction of sp³-hybridized carbons (Fsp3) is 0.333. The lowest BCUT2D eigenvalue weighted by atomic mass is 10.2. The maximum atomic E-state index is 12.8. The summed E-state index contributed by atoms with van der Waals surface area (Å²) in [7, 11) is -3.90. The van der Waals surface area contributed by atoms with Gasteiger partial charge in [-0.25, -0.2) is 8.42 Å². The van der Waals surface area contributed by atoms with Crippen LogP contribution in [0.3, 0.4) is 0 Å². The SMILES string of the molecule is Cc1ccc(NC(=O)CSCC(=O)N2CCN(S(=O)(=O)c3cccc([N+](=O)[O-])c3)CC2)cc1. The second-order valence-electron chi connectivity index (χ2n) is 7.45. The number of anilines is 1. The normalized spacial score (nSPS) is 14.6. The zero-order chi connectivity index (χ0) is 24.0. The molecule has 0 saturated carbocycles. The summed E-state index contributed by atoms with van der Waals surface area (Å²) in [6.07, 6.45) is 0. The summed E-state index contributed by atoms with van der Waals surface area (Å²) in [5.41, 5.74) is 1.48. The molecule has 0 spiro atoms. The number of nitrogens with one attached hydrogen (secondary N) is 1. The average Bonchev–Trinajstić information content (AvgIpc) is 2.80. The molecule has 3 rings (SSSR count). The number of nitro benzene ring substituents is 1. The van der Waals surface area contributed by atoms with E-state index in [1.165, 1.54) is 34.3 Å². The molecule has 1 N–H and O–H groups in total. The van der Waals surface area contributed by atoms with Crippen molar-refractivity contribution < 1.29 is 22.9 Å². The van der Waals surface area contributed by atoms with Gasteiger partial charge in [0.05, 0.1) is 21.3 Å².